The predicted octanol–water partition coefficient (Wildman–Crippen LogP) is 5.60. The second-order valence-electron chi connectivity index (χ2n) is 6.39. The average molecular weight is 452 g/mol. The molecule has 0 aliphatic heterocycles. The second-order valence-corrected chi connectivity index (χ2v) is 8.18. The Balaban J connectivity index is 2.05. The Hall–Kier alpha value is -1.86. The minimum atomic E-state index is -0.183. The smallest absolute Gasteiger partial charge is 0.261 e. The maximum Gasteiger partial charge on any atom is 0.261 e. The number of rotatable bonds is 8. The average Bonchev–Trinajstić information content (AvgIpc) is 3.17. The van der Waals surface area contributed by atoms with E-state index in [4.69, 9.17) is 32.9 Å². The normalized spacial score (nSPS) is 11.2. The van der Waals surface area contributed by atoms with Crippen LogP contribution in [-0.2, 0) is 0 Å². The van der Waals surface area contributed by atoms with E-state index in [2.05, 4.69) is 18.7 Å². The molecule has 0 radical (unpaired) electrons. The van der Waals surface area contributed by atoms with E-state index < -0.39 is 0 Å². The molecule has 0 atom stereocenters. The molecule has 0 bridgehead atoms. The van der Waals surface area contributed by atoms with Gasteiger partial charge in [-0.05, 0) is 37.4 Å². The van der Waals surface area contributed by atoms with Crippen LogP contribution in [0, 0.1) is 0 Å². The van der Waals surface area contributed by atoms with Gasteiger partial charge in [0.1, 0.15) is 11.3 Å². The summed E-state index contributed by atoms with van der Waals surface area (Å²) in [5.41, 5.74) is 1.10. The number of likely N-dealkylation sites (N-methyl/N-ethyl adjacent to an activating group) is 1. The fourth-order valence-electron chi connectivity index (χ4n) is 3.07. The molecule has 0 fully saturated rings. The third-order valence-electron chi connectivity index (χ3n) is 4.78. The third kappa shape index (κ3) is 4.67. The van der Waals surface area contributed by atoms with Crippen LogP contribution in [0.1, 0.15) is 24.2 Å². The number of anilines is 1. The number of carbonyl (C=O) groups is 1. The fraction of sp³-hybridized carbons (Fsp3) is 0.333. The SMILES string of the molecule is CCN(CC)CCN(C(=O)c1ccccc1Cl)c1nc2c(OC)ccc(Cl)c2s1. The van der Waals surface area contributed by atoms with E-state index in [0.29, 0.717) is 38.6 Å². The lowest BCUT2D eigenvalue weighted by molar-refractivity contribution is 0.0984. The first-order valence-corrected chi connectivity index (χ1v) is 11.0. The number of methoxy groups -OCH3 is 1. The highest BCUT2D eigenvalue weighted by molar-refractivity contribution is 7.23. The minimum Gasteiger partial charge on any atom is -0.494 e. The van der Waals surface area contributed by atoms with Crippen molar-refractivity contribution in [2.75, 3.05) is 38.2 Å². The van der Waals surface area contributed by atoms with Crippen molar-refractivity contribution in [2.45, 2.75) is 13.8 Å². The number of halogens is 2. The molecule has 0 N–H and O–H groups in total. The zero-order valence-electron chi connectivity index (χ0n) is 16.6. The maximum absolute atomic E-state index is 13.4. The maximum atomic E-state index is 13.4. The van der Waals surface area contributed by atoms with Gasteiger partial charge in [-0.15, -0.1) is 0 Å². The van der Waals surface area contributed by atoms with Gasteiger partial charge in [0, 0.05) is 13.1 Å². The number of amides is 1. The first kappa shape index (κ1) is 21.8. The Labute approximate surface area is 184 Å². The molecule has 3 aromatic rings. The van der Waals surface area contributed by atoms with Crippen molar-refractivity contribution >= 4 is 55.8 Å². The Morgan fingerprint density at radius 1 is 1.07 bits per heavy atom. The highest BCUT2D eigenvalue weighted by Crippen LogP contribution is 2.39. The molecular weight excluding hydrogens is 429 g/mol. The number of hydrogen-bond donors (Lipinski definition) is 0. The predicted molar refractivity (Wildman–Crippen MR) is 122 cm³/mol. The summed E-state index contributed by atoms with van der Waals surface area (Å²) in [5.74, 6) is 0.442. The number of nitrogens with zero attached hydrogens (tertiary/aromatic N) is 3. The van der Waals surface area contributed by atoms with Crippen LogP contribution in [0.3, 0.4) is 0 Å². The minimum absolute atomic E-state index is 0.183. The Morgan fingerprint density at radius 3 is 2.45 bits per heavy atom. The summed E-state index contributed by atoms with van der Waals surface area (Å²) in [5, 5.41) is 1.57. The molecule has 154 valence electrons. The number of hydrogen-bond acceptors (Lipinski definition) is 5. The number of thiazole rings is 1. The van der Waals surface area contributed by atoms with E-state index in [9.17, 15) is 4.79 Å². The summed E-state index contributed by atoms with van der Waals surface area (Å²) >= 11 is 14.1. The Morgan fingerprint density at radius 2 is 1.79 bits per heavy atom. The summed E-state index contributed by atoms with van der Waals surface area (Å²) in [4.78, 5) is 22.0. The molecule has 5 nitrogen and oxygen atoms in total. The molecule has 1 amide bonds. The first-order chi connectivity index (χ1) is 14.0. The van der Waals surface area contributed by atoms with Crippen LogP contribution in [-0.4, -0.2) is 49.1 Å². The van der Waals surface area contributed by atoms with E-state index in [1.807, 2.05) is 6.07 Å². The van der Waals surface area contributed by atoms with Crippen LogP contribution in [0.2, 0.25) is 10.0 Å². The number of ether oxygens (including phenoxy) is 1. The fourth-order valence-corrected chi connectivity index (χ4v) is 4.56. The molecule has 0 aliphatic rings. The molecule has 2 aromatic carbocycles. The molecule has 1 heterocycles. The zero-order chi connectivity index (χ0) is 21.0. The zero-order valence-corrected chi connectivity index (χ0v) is 18.9. The highest BCUT2D eigenvalue weighted by atomic mass is 35.5. The standard InChI is InChI=1S/C21H23Cl2N3O2S/c1-4-25(5-2)12-13-26(20(27)14-8-6-7-9-15(14)22)21-24-18-17(28-3)11-10-16(23)19(18)29-21/h6-11H,4-5,12-13H2,1-3H3. The van der Waals surface area contributed by atoms with Crippen molar-refractivity contribution in [3.05, 3.63) is 52.0 Å². The van der Waals surface area contributed by atoms with Crippen molar-refractivity contribution in [1.82, 2.24) is 9.88 Å². The lowest BCUT2D eigenvalue weighted by Gasteiger charge is -2.25. The molecule has 0 spiro atoms. The monoisotopic (exact) mass is 451 g/mol. The number of aromatic nitrogens is 1. The van der Waals surface area contributed by atoms with E-state index in [-0.39, 0.29) is 5.91 Å². The quantitative estimate of drug-likeness (QED) is 0.446. The molecule has 1 aromatic heterocycles. The largest absolute Gasteiger partial charge is 0.494 e. The van der Waals surface area contributed by atoms with Crippen molar-refractivity contribution in [3.63, 3.8) is 0 Å². The van der Waals surface area contributed by atoms with Crippen molar-refractivity contribution in [1.29, 1.82) is 0 Å². The molecule has 0 saturated carbocycles. The Kier molecular flexibility index (Phi) is 7.35. The van der Waals surface area contributed by atoms with Gasteiger partial charge in [-0.3, -0.25) is 9.69 Å². The van der Waals surface area contributed by atoms with E-state index in [1.54, 1.807) is 42.3 Å². The van der Waals surface area contributed by atoms with E-state index in [0.717, 1.165) is 24.3 Å². The van der Waals surface area contributed by atoms with E-state index in [1.165, 1.54) is 11.3 Å². The number of carbonyl (C=O) groups excluding carboxylic acids is 1. The number of benzene rings is 2. The van der Waals surface area contributed by atoms with Crippen LogP contribution < -0.4 is 9.64 Å². The molecule has 8 heteroatoms. The summed E-state index contributed by atoms with van der Waals surface area (Å²) in [6.07, 6.45) is 0. The lowest BCUT2D eigenvalue weighted by atomic mass is 10.2. The van der Waals surface area contributed by atoms with Gasteiger partial charge < -0.3 is 9.64 Å². The molecule has 0 saturated heterocycles. The molecule has 0 unspecified atom stereocenters. The third-order valence-corrected chi connectivity index (χ3v) is 6.65. The second kappa shape index (κ2) is 9.76. The Bertz CT molecular complexity index is 1000. The first-order valence-electron chi connectivity index (χ1n) is 9.41. The molecule has 0 aliphatic carbocycles. The molecular formula is C21H23Cl2N3O2S. The number of fused-ring (bicyclic) bond motifs is 1. The van der Waals surface area contributed by atoms with Crippen LogP contribution >= 0.6 is 34.5 Å². The lowest BCUT2D eigenvalue weighted by Crippen LogP contribution is -2.39. The van der Waals surface area contributed by atoms with Crippen LogP contribution in [0.15, 0.2) is 36.4 Å². The van der Waals surface area contributed by atoms with Crippen molar-refractivity contribution in [2.24, 2.45) is 0 Å². The summed E-state index contributed by atoms with van der Waals surface area (Å²) in [7, 11) is 1.59. The van der Waals surface area contributed by atoms with Gasteiger partial charge in [-0.2, -0.15) is 0 Å². The molecule has 29 heavy (non-hydrogen) atoms. The van der Waals surface area contributed by atoms with Gasteiger partial charge in [0.15, 0.2) is 5.13 Å². The van der Waals surface area contributed by atoms with E-state index >= 15 is 0 Å². The summed E-state index contributed by atoms with van der Waals surface area (Å²) in [6.45, 7) is 7.24. The van der Waals surface area contributed by atoms with Gasteiger partial charge in [-0.1, -0.05) is 60.5 Å². The van der Waals surface area contributed by atoms with Gasteiger partial charge in [0.2, 0.25) is 0 Å². The van der Waals surface area contributed by atoms with Gasteiger partial charge >= 0.3 is 0 Å². The summed E-state index contributed by atoms with van der Waals surface area (Å²) in [6, 6.07) is 10.6. The van der Waals surface area contributed by atoms with Gasteiger partial charge in [0.25, 0.3) is 5.91 Å². The highest BCUT2D eigenvalue weighted by Gasteiger charge is 2.24. The molecule has 3 rings (SSSR count). The van der Waals surface area contributed by atoms with Crippen LogP contribution in [0.5, 0.6) is 5.75 Å². The summed E-state index contributed by atoms with van der Waals surface area (Å²) < 4.78 is 6.22. The van der Waals surface area contributed by atoms with Crippen LogP contribution in [0.25, 0.3) is 10.2 Å². The van der Waals surface area contributed by atoms with Gasteiger partial charge in [0.05, 0.1) is 27.4 Å². The van der Waals surface area contributed by atoms with Crippen LogP contribution in [0.4, 0.5) is 5.13 Å². The van der Waals surface area contributed by atoms with Gasteiger partial charge in [-0.25, -0.2) is 4.98 Å². The topological polar surface area (TPSA) is 45.7 Å². The van der Waals surface area contributed by atoms with Crippen molar-refractivity contribution < 1.29 is 9.53 Å². The van der Waals surface area contributed by atoms with Crippen molar-refractivity contribution in [3.8, 4) is 5.75 Å².